The maximum Gasteiger partial charge on any atom is 0.335 e. The van der Waals surface area contributed by atoms with Gasteiger partial charge in [0.1, 0.15) is 0 Å². The van der Waals surface area contributed by atoms with E-state index in [1.165, 1.54) is 0 Å². The molecule has 0 aliphatic heterocycles. The molecule has 0 aliphatic carbocycles. The first kappa shape index (κ1) is 14.6. The molecule has 0 saturated heterocycles. The van der Waals surface area contributed by atoms with Crippen LogP contribution in [0.5, 0.6) is 0 Å². The largest absolute Gasteiger partial charge is 0.478 e. The molecule has 0 bridgehead atoms. The van der Waals surface area contributed by atoms with Gasteiger partial charge in [-0.05, 0) is 18.2 Å². The van der Waals surface area contributed by atoms with Crippen molar-refractivity contribution in [3.63, 3.8) is 0 Å². The minimum Gasteiger partial charge on any atom is -0.478 e. The highest BCUT2D eigenvalue weighted by atomic mass is 16.4. The van der Waals surface area contributed by atoms with Gasteiger partial charge in [-0.2, -0.15) is 0 Å². The first-order chi connectivity index (χ1) is 7.91. The van der Waals surface area contributed by atoms with Gasteiger partial charge in [0.05, 0.1) is 16.7 Å². The first-order valence-corrected chi connectivity index (χ1v) is 4.77. The molecule has 92 valence electrons. The predicted molar refractivity (Wildman–Crippen MR) is 58.7 cm³/mol. The molecule has 17 heavy (non-hydrogen) atoms. The fraction of sp³-hybridized carbons (Fsp3) is 0.182. The van der Waals surface area contributed by atoms with E-state index < -0.39 is 17.9 Å². The van der Waals surface area contributed by atoms with E-state index in [2.05, 4.69) is 0 Å². The maximum absolute atomic E-state index is 10.6. The zero-order valence-electron chi connectivity index (χ0n) is 9.30. The molecule has 1 aromatic carbocycles. The quantitative estimate of drug-likeness (QED) is 0.742. The molecular weight excluding hydrogens is 228 g/mol. The number of hydrogen-bond acceptors (Lipinski definition) is 3. The number of carboxylic acid groups (broad SMARTS) is 3. The van der Waals surface area contributed by atoms with Gasteiger partial charge in [-0.3, -0.25) is 0 Å². The lowest BCUT2D eigenvalue weighted by Crippen LogP contribution is -2.07. The summed E-state index contributed by atoms with van der Waals surface area (Å²) in [5.74, 6) is -4.12. The zero-order valence-corrected chi connectivity index (χ0v) is 9.30. The molecule has 6 heteroatoms. The molecule has 0 unspecified atom stereocenters. The van der Waals surface area contributed by atoms with Crippen LogP contribution < -0.4 is 0 Å². The highest BCUT2D eigenvalue weighted by Crippen LogP contribution is 2.11. The summed E-state index contributed by atoms with van der Waals surface area (Å²) in [6, 6.07) is 2.70. The Labute approximate surface area is 97.1 Å². The van der Waals surface area contributed by atoms with Crippen LogP contribution in [0.1, 0.15) is 44.9 Å². The normalized spacial score (nSPS) is 8.82. The first-order valence-electron chi connectivity index (χ1n) is 4.77. The van der Waals surface area contributed by atoms with E-state index in [9.17, 15) is 14.4 Å². The number of aromatic carboxylic acids is 3. The summed E-state index contributed by atoms with van der Waals surface area (Å²) in [6.07, 6.45) is 0. The van der Waals surface area contributed by atoms with Crippen molar-refractivity contribution in [2.45, 2.75) is 13.8 Å². The van der Waals surface area contributed by atoms with Crippen LogP contribution in [0.3, 0.4) is 0 Å². The maximum atomic E-state index is 10.6. The van der Waals surface area contributed by atoms with Crippen LogP contribution in [-0.4, -0.2) is 33.2 Å². The Morgan fingerprint density at radius 3 is 1.00 bits per heavy atom. The van der Waals surface area contributed by atoms with Crippen molar-refractivity contribution in [1.82, 2.24) is 0 Å². The molecule has 0 fully saturated rings. The van der Waals surface area contributed by atoms with Crippen molar-refractivity contribution in [3.8, 4) is 0 Å². The number of carboxylic acids is 3. The third kappa shape index (κ3) is 3.94. The van der Waals surface area contributed by atoms with Gasteiger partial charge in [0.25, 0.3) is 0 Å². The van der Waals surface area contributed by atoms with E-state index in [0.717, 1.165) is 18.2 Å². The number of hydrogen-bond donors (Lipinski definition) is 3. The third-order valence-electron chi connectivity index (χ3n) is 1.67. The molecule has 0 aliphatic rings. The van der Waals surface area contributed by atoms with Crippen molar-refractivity contribution < 1.29 is 29.7 Å². The van der Waals surface area contributed by atoms with Crippen LogP contribution in [-0.2, 0) is 0 Å². The summed E-state index contributed by atoms with van der Waals surface area (Å²) in [5.41, 5.74) is -1.10. The van der Waals surface area contributed by atoms with Gasteiger partial charge in [-0.1, -0.05) is 13.8 Å². The molecule has 0 radical (unpaired) electrons. The van der Waals surface area contributed by atoms with Crippen molar-refractivity contribution in [2.24, 2.45) is 0 Å². The second-order valence-electron chi connectivity index (χ2n) is 2.71. The number of benzene rings is 1. The monoisotopic (exact) mass is 240 g/mol. The Hall–Kier alpha value is -2.37. The highest BCUT2D eigenvalue weighted by molar-refractivity contribution is 5.98. The van der Waals surface area contributed by atoms with Crippen molar-refractivity contribution >= 4 is 17.9 Å². The van der Waals surface area contributed by atoms with Gasteiger partial charge < -0.3 is 15.3 Å². The Kier molecular flexibility index (Phi) is 5.39. The van der Waals surface area contributed by atoms with E-state index >= 15 is 0 Å². The molecule has 0 aromatic heterocycles. The van der Waals surface area contributed by atoms with Crippen LogP contribution >= 0.6 is 0 Å². The molecule has 0 heterocycles. The SMILES string of the molecule is CC.O=C(O)c1cc(C(=O)O)cc(C(=O)O)c1. The second kappa shape index (κ2) is 6.26. The minimum atomic E-state index is -1.37. The lowest BCUT2D eigenvalue weighted by molar-refractivity contribution is 0.0696. The summed E-state index contributed by atoms with van der Waals surface area (Å²) in [6.45, 7) is 4.00. The Balaban J connectivity index is 0.00000121. The Morgan fingerprint density at radius 2 is 0.882 bits per heavy atom. The topological polar surface area (TPSA) is 112 Å². The average molecular weight is 240 g/mol. The van der Waals surface area contributed by atoms with Gasteiger partial charge in [-0.25, -0.2) is 14.4 Å². The molecular formula is C11H12O6. The van der Waals surface area contributed by atoms with Crippen LogP contribution in [0.2, 0.25) is 0 Å². The smallest absolute Gasteiger partial charge is 0.335 e. The molecule has 0 atom stereocenters. The lowest BCUT2D eigenvalue weighted by Gasteiger charge is -2.00. The predicted octanol–water partition coefficient (Wildman–Crippen LogP) is 1.81. The van der Waals surface area contributed by atoms with Gasteiger partial charge in [0.2, 0.25) is 0 Å². The fourth-order valence-corrected chi connectivity index (χ4v) is 0.998. The molecule has 0 amide bonds. The van der Waals surface area contributed by atoms with Crippen LogP contribution in [0, 0.1) is 0 Å². The standard InChI is InChI=1S/C9H6O6.C2H6/c10-7(11)4-1-5(8(12)13)3-6(2-4)9(14)15;1-2/h1-3H,(H,10,11)(H,12,13)(H,14,15);1-2H3. The summed E-state index contributed by atoms with van der Waals surface area (Å²) < 4.78 is 0. The molecule has 0 saturated carbocycles. The van der Waals surface area contributed by atoms with E-state index in [-0.39, 0.29) is 16.7 Å². The molecule has 1 aromatic rings. The summed E-state index contributed by atoms with van der Waals surface area (Å²) >= 11 is 0. The summed E-state index contributed by atoms with van der Waals surface area (Å²) in [4.78, 5) is 31.7. The zero-order chi connectivity index (χ0) is 13.6. The van der Waals surface area contributed by atoms with Crippen molar-refractivity contribution in [1.29, 1.82) is 0 Å². The number of carbonyl (C=O) groups is 3. The second-order valence-corrected chi connectivity index (χ2v) is 2.71. The summed E-state index contributed by atoms with van der Waals surface area (Å²) in [7, 11) is 0. The van der Waals surface area contributed by atoms with Gasteiger partial charge in [-0.15, -0.1) is 0 Å². The number of rotatable bonds is 3. The van der Waals surface area contributed by atoms with E-state index in [1.807, 2.05) is 13.8 Å². The van der Waals surface area contributed by atoms with Gasteiger partial charge in [0.15, 0.2) is 0 Å². The molecule has 3 N–H and O–H groups in total. The van der Waals surface area contributed by atoms with Crippen molar-refractivity contribution in [2.75, 3.05) is 0 Å². The molecule has 6 nitrogen and oxygen atoms in total. The van der Waals surface area contributed by atoms with Gasteiger partial charge in [0, 0.05) is 0 Å². The van der Waals surface area contributed by atoms with Crippen molar-refractivity contribution in [3.05, 3.63) is 34.9 Å². The fourth-order valence-electron chi connectivity index (χ4n) is 0.998. The van der Waals surface area contributed by atoms with Crippen LogP contribution in [0.15, 0.2) is 18.2 Å². The van der Waals surface area contributed by atoms with E-state index in [0.29, 0.717) is 0 Å². The molecule has 1 rings (SSSR count). The Bertz CT molecular complexity index is 370. The van der Waals surface area contributed by atoms with Gasteiger partial charge >= 0.3 is 17.9 Å². The van der Waals surface area contributed by atoms with E-state index in [4.69, 9.17) is 15.3 Å². The Morgan fingerprint density at radius 1 is 0.706 bits per heavy atom. The molecule has 0 spiro atoms. The third-order valence-corrected chi connectivity index (χ3v) is 1.67. The summed E-state index contributed by atoms with van der Waals surface area (Å²) in [5, 5.41) is 25.8. The minimum absolute atomic E-state index is 0.368. The average Bonchev–Trinajstić information content (AvgIpc) is 2.30. The lowest BCUT2D eigenvalue weighted by atomic mass is 10.1. The highest BCUT2D eigenvalue weighted by Gasteiger charge is 2.14. The van der Waals surface area contributed by atoms with Crippen LogP contribution in [0.25, 0.3) is 0 Å². The van der Waals surface area contributed by atoms with Crippen LogP contribution in [0.4, 0.5) is 0 Å². The van der Waals surface area contributed by atoms with E-state index in [1.54, 1.807) is 0 Å².